The molecule has 1 saturated heterocycles. The van der Waals surface area contributed by atoms with Crippen LogP contribution in [0, 0.1) is 5.92 Å². The molecule has 0 saturated carbocycles. The summed E-state index contributed by atoms with van der Waals surface area (Å²) in [7, 11) is 0. The molecule has 2 aromatic rings. The van der Waals surface area contributed by atoms with Gasteiger partial charge in [-0.3, -0.25) is 9.78 Å². The third-order valence-corrected chi connectivity index (χ3v) is 3.56. The Morgan fingerprint density at radius 2 is 2.05 bits per heavy atom. The number of amides is 1. The third kappa shape index (κ3) is 3.03. The molecule has 1 unspecified atom stereocenters. The number of carbonyl (C=O) groups excluding carboxylic acids is 1. The minimum absolute atomic E-state index is 0.131. The van der Waals surface area contributed by atoms with Crippen molar-refractivity contribution in [3.8, 4) is 11.5 Å². The summed E-state index contributed by atoms with van der Waals surface area (Å²) in [6.07, 6.45) is 3.89. The van der Waals surface area contributed by atoms with Crippen LogP contribution in [0.2, 0.25) is 0 Å². The van der Waals surface area contributed by atoms with Gasteiger partial charge >= 0.3 is 0 Å². The van der Waals surface area contributed by atoms with Crippen LogP contribution in [-0.2, 0) is 4.79 Å². The van der Waals surface area contributed by atoms with Crippen LogP contribution in [-0.4, -0.2) is 24.0 Å². The van der Waals surface area contributed by atoms with Crippen molar-refractivity contribution in [3.05, 3.63) is 48.8 Å². The molecule has 1 fully saturated rings. The molecule has 5 nitrogen and oxygen atoms in total. The fourth-order valence-electron chi connectivity index (χ4n) is 2.43. The highest BCUT2D eigenvalue weighted by atomic mass is 16.5. The quantitative estimate of drug-likeness (QED) is 0.934. The van der Waals surface area contributed by atoms with Crippen molar-refractivity contribution in [3.63, 3.8) is 0 Å². The Bertz CT molecular complexity index is 613. The second kappa shape index (κ2) is 5.93. The molecule has 1 aromatic heterocycles. The largest absolute Gasteiger partial charge is 0.456 e. The third-order valence-electron chi connectivity index (χ3n) is 3.56. The van der Waals surface area contributed by atoms with E-state index in [1.165, 1.54) is 0 Å². The first-order valence-corrected chi connectivity index (χ1v) is 6.94. The molecule has 2 N–H and O–H groups in total. The van der Waals surface area contributed by atoms with Gasteiger partial charge in [-0.05, 0) is 48.9 Å². The van der Waals surface area contributed by atoms with Gasteiger partial charge in [-0.2, -0.15) is 0 Å². The van der Waals surface area contributed by atoms with E-state index in [0.717, 1.165) is 5.69 Å². The lowest BCUT2D eigenvalue weighted by molar-refractivity contribution is -0.117. The van der Waals surface area contributed by atoms with Crippen molar-refractivity contribution in [1.82, 2.24) is 4.98 Å². The maximum atomic E-state index is 12.0. The molecule has 1 aromatic carbocycles. The van der Waals surface area contributed by atoms with Gasteiger partial charge in [0.2, 0.25) is 5.91 Å². The second-order valence-electron chi connectivity index (χ2n) is 5.09. The van der Waals surface area contributed by atoms with E-state index in [2.05, 4.69) is 4.98 Å². The van der Waals surface area contributed by atoms with Gasteiger partial charge in [-0.15, -0.1) is 0 Å². The van der Waals surface area contributed by atoms with Gasteiger partial charge in [0.15, 0.2) is 0 Å². The van der Waals surface area contributed by atoms with E-state index in [4.69, 9.17) is 10.5 Å². The molecule has 0 bridgehead atoms. The fourth-order valence-corrected chi connectivity index (χ4v) is 2.43. The summed E-state index contributed by atoms with van der Waals surface area (Å²) in [5.41, 5.74) is 6.53. The van der Waals surface area contributed by atoms with Gasteiger partial charge in [0.05, 0.1) is 6.20 Å². The van der Waals surface area contributed by atoms with Crippen molar-refractivity contribution >= 4 is 11.6 Å². The van der Waals surface area contributed by atoms with Gasteiger partial charge in [0.1, 0.15) is 11.5 Å². The summed E-state index contributed by atoms with van der Waals surface area (Å²) >= 11 is 0. The SMILES string of the molecule is NCC1CC(=O)N(c2ccc(Oc3cccnc3)cc2)C1. The van der Waals surface area contributed by atoms with Crippen molar-refractivity contribution in [1.29, 1.82) is 0 Å². The van der Waals surface area contributed by atoms with E-state index in [-0.39, 0.29) is 11.8 Å². The number of hydrogen-bond donors (Lipinski definition) is 1. The number of nitrogens with zero attached hydrogens (tertiary/aromatic N) is 2. The first kappa shape index (κ1) is 13.6. The van der Waals surface area contributed by atoms with Crippen LogP contribution in [0.4, 0.5) is 5.69 Å². The number of nitrogens with two attached hydrogens (primary N) is 1. The standard InChI is InChI=1S/C16H17N3O2/c17-9-12-8-16(20)19(11-12)13-3-5-14(6-4-13)21-15-2-1-7-18-10-15/h1-7,10,12H,8-9,11,17H2. The topological polar surface area (TPSA) is 68.5 Å². The van der Waals surface area contributed by atoms with E-state index < -0.39 is 0 Å². The molecular formula is C16H17N3O2. The van der Waals surface area contributed by atoms with Gasteiger partial charge in [-0.1, -0.05) is 0 Å². The summed E-state index contributed by atoms with van der Waals surface area (Å²) in [4.78, 5) is 17.7. The summed E-state index contributed by atoms with van der Waals surface area (Å²) in [6.45, 7) is 1.24. The Labute approximate surface area is 123 Å². The average molecular weight is 283 g/mol. The predicted molar refractivity (Wildman–Crippen MR) is 80.3 cm³/mol. The first-order valence-electron chi connectivity index (χ1n) is 6.94. The molecule has 108 valence electrons. The highest BCUT2D eigenvalue weighted by Crippen LogP contribution is 2.28. The van der Waals surface area contributed by atoms with Gasteiger partial charge in [0.25, 0.3) is 0 Å². The molecule has 2 heterocycles. The summed E-state index contributed by atoms with van der Waals surface area (Å²) in [5, 5.41) is 0. The van der Waals surface area contributed by atoms with Crippen LogP contribution in [0.5, 0.6) is 11.5 Å². The summed E-state index contributed by atoms with van der Waals surface area (Å²) in [5.74, 6) is 1.79. The monoisotopic (exact) mass is 283 g/mol. The summed E-state index contributed by atoms with van der Waals surface area (Å²) < 4.78 is 5.68. The maximum Gasteiger partial charge on any atom is 0.227 e. The average Bonchev–Trinajstić information content (AvgIpc) is 2.90. The van der Waals surface area contributed by atoms with Crippen LogP contribution in [0.15, 0.2) is 48.8 Å². The molecule has 1 atom stereocenters. The lowest BCUT2D eigenvalue weighted by atomic mass is 10.1. The zero-order valence-corrected chi connectivity index (χ0v) is 11.6. The zero-order valence-electron chi connectivity index (χ0n) is 11.6. The van der Waals surface area contributed by atoms with Crippen molar-refractivity contribution < 1.29 is 9.53 Å². The van der Waals surface area contributed by atoms with E-state index in [9.17, 15) is 4.79 Å². The number of hydrogen-bond acceptors (Lipinski definition) is 4. The molecule has 0 spiro atoms. The van der Waals surface area contributed by atoms with Crippen LogP contribution in [0.25, 0.3) is 0 Å². The molecule has 1 aliphatic heterocycles. The highest BCUT2D eigenvalue weighted by molar-refractivity contribution is 5.95. The molecule has 1 aliphatic rings. The molecule has 1 amide bonds. The van der Waals surface area contributed by atoms with Crippen LogP contribution in [0.1, 0.15) is 6.42 Å². The Balaban J connectivity index is 1.71. The van der Waals surface area contributed by atoms with Crippen molar-refractivity contribution in [2.24, 2.45) is 11.7 Å². The molecule has 0 radical (unpaired) electrons. The molecule has 3 rings (SSSR count). The number of pyridine rings is 1. The van der Waals surface area contributed by atoms with Crippen LogP contribution in [0.3, 0.4) is 0 Å². The zero-order chi connectivity index (χ0) is 14.7. The van der Waals surface area contributed by atoms with E-state index in [1.54, 1.807) is 17.3 Å². The molecule has 21 heavy (non-hydrogen) atoms. The Morgan fingerprint density at radius 1 is 1.24 bits per heavy atom. The lowest BCUT2D eigenvalue weighted by Crippen LogP contribution is -2.25. The van der Waals surface area contributed by atoms with Crippen LogP contribution >= 0.6 is 0 Å². The first-order chi connectivity index (χ1) is 10.3. The normalized spacial score (nSPS) is 18.0. The van der Waals surface area contributed by atoms with Gasteiger partial charge in [0, 0.05) is 24.8 Å². The number of rotatable bonds is 4. The summed E-state index contributed by atoms with van der Waals surface area (Å²) in [6, 6.07) is 11.2. The number of carbonyl (C=O) groups is 1. The van der Waals surface area contributed by atoms with Crippen LogP contribution < -0.4 is 15.4 Å². The second-order valence-corrected chi connectivity index (χ2v) is 5.09. The predicted octanol–water partition coefficient (Wildman–Crippen LogP) is 2.19. The van der Waals surface area contributed by atoms with Crippen molar-refractivity contribution in [2.45, 2.75) is 6.42 Å². The maximum absolute atomic E-state index is 12.0. The Hall–Kier alpha value is -2.40. The minimum atomic E-state index is 0.131. The molecule has 0 aliphatic carbocycles. The van der Waals surface area contributed by atoms with E-state index in [0.29, 0.717) is 31.0 Å². The Morgan fingerprint density at radius 3 is 2.67 bits per heavy atom. The number of aromatic nitrogens is 1. The molecule has 5 heteroatoms. The number of ether oxygens (including phenoxy) is 1. The van der Waals surface area contributed by atoms with Crippen molar-refractivity contribution in [2.75, 3.05) is 18.0 Å². The number of anilines is 1. The smallest absolute Gasteiger partial charge is 0.227 e. The fraction of sp³-hybridized carbons (Fsp3) is 0.250. The number of benzene rings is 1. The van der Waals surface area contributed by atoms with Gasteiger partial charge < -0.3 is 15.4 Å². The van der Waals surface area contributed by atoms with E-state index >= 15 is 0 Å². The minimum Gasteiger partial charge on any atom is -0.456 e. The van der Waals surface area contributed by atoms with Gasteiger partial charge in [-0.25, -0.2) is 0 Å². The lowest BCUT2D eigenvalue weighted by Gasteiger charge is -2.17. The Kier molecular flexibility index (Phi) is 3.83. The highest BCUT2D eigenvalue weighted by Gasteiger charge is 2.29. The molecular weight excluding hydrogens is 266 g/mol. The van der Waals surface area contributed by atoms with E-state index in [1.807, 2.05) is 36.4 Å².